The number of fused-ring (bicyclic) bond motifs is 2. The van der Waals surface area contributed by atoms with Gasteiger partial charge in [0, 0.05) is 19.3 Å². The summed E-state index contributed by atoms with van der Waals surface area (Å²) in [6.45, 7) is 1.91. The average molecular weight is 438 g/mol. The third kappa shape index (κ3) is 2.97. The fourth-order valence-electron chi connectivity index (χ4n) is 3.75. The van der Waals surface area contributed by atoms with Gasteiger partial charge in [0.1, 0.15) is 28.6 Å². The summed E-state index contributed by atoms with van der Waals surface area (Å²) in [6.07, 6.45) is 4.06. The van der Waals surface area contributed by atoms with Crippen molar-refractivity contribution in [2.75, 3.05) is 11.9 Å². The van der Waals surface area contributed by atoms with E-state index in [2.05, 4.69) is 19.9 Å². The number of halogens is 2. The van der Waals surface area contributed by atoms with E-state index in [1.54, 1.807) is 22.6 Å². The Morgan fingerprint density at radius 2 is 1.97 bits per heavy atom. The first kappa shape index (κ1) is 19.3. The number of hydrogen-bond donors (Lipinski definition) is 1. The zero-order valence-corrected chi connectivity index (χ0v) is 17.4. The summed E-state index contributed by atoms with van der Waals surface area (Å²) >= 11 is 6.21. The summed E-state index contributed by atoms with van der Waals surface area (Å²) in [6, 6.07) is 10.7. The topological polar surface area (TPSA) is 84.1 Å². The van der Waals surface area contributed by atoms with Crippen LogP contribution in [0.25, 0.3) is 22.4 Å². The molecule has 0 amide bonds. The van der Waals surface area contributed by atoms with E-state index in [1.807, 2.05) is 37.3 Å². The molecule has 4 heterocycles. The predicted molar refractivity (Wildman–Crippen MR) is 116 cm³/mol. The number of imidazole rings is 1. The van der Waals surface area contributed by atoms with Crippen LogP contribution >= 0.6 is 11.6 Å². The van der Waals surface area contributed by atoms with Crippen LogP contribution in [-0.4, -0.2) is 36.0 Å². The zero-order valence-electron chi connectivity index (χ0n) is 16.6. The summed E-state index contributed by atoms with van der Waals surface area (Å²) in [4.78, 5) is 30.7. The summed E-state index contributed by atoms with van der Waals surface area (Å²) in [7, 11) is 1.79. The number of benzene rings is 1. The molecule has 1 aromatic carbocycles. The summed E-state index contributed by atoms with van der Waals surface area (Å²) in [5.74, 6) is -0.0369. The third-order valence-corrected chi connectivity index (χ3v) is 5.69. The number of hydrogen-bond acceptors (Lipinski definition) is 5. The Balaban J connectivity index is 1.74. The number of nitrogens with one attached hydrogen (secondary N) is 1. The molecule has 0 saturated carbocycles. The molecule has 10 heteroatoms. The molecule has 0 unspecified atom stereocenters. The number of anilines is 1. The summed E-state index contributed by atoms with van der Waals surface area (Å²) in [5, 5.41) is 0.513. The second-order valence-corrected chi connectivity index (χ2v) is 7.53. The van der Waals surface area contributed by atoms with E-state index in [4.69, 9.17) is 11.6 Å². The highest BCUT2D eigenvalue weighted by molar-refractivity contribution is 6.29. The van der Waals surface area contributed by atoms with Crippen LogP contribution in [0.4, 0.5) is 10.2 Å². The highest BCUT2D eigenvalue weighted by Gasteiger charge is 2.24. The van der Waals surface area contributed by atoms with Crippen LogP contribution in [-0.2, 0) is 0 Å². The van der Waals surface area contributed by atoms with Gasteiger partial charge in [-0.1, -0.05) is 29.8 Å². The molecule has 0 fully saturated rings. The maximum Gasteiger partial charge on any atom is 0.339 e. The first-order chi connectivity index (χ1) is 15.0. The SMILES string of the molecule is C[C@H](c1cc2ncc(Cl)n2c(=O)n1-c1ccccc1)N(C)c1ncnc2[nH]cc(F)c12. The monoisotopic (exact) mass is 437 g/mol. The van der Waals surface area contributed by atoms with Gasteiger partial charge in [0.25, 0.3) is 0 Å². The zero-order chi connectivity index (χ0) is 21.7. The molecule has 5 rings (SSSR count). The molecule has 0 saturated heterocycles. The van der Waals surface area contributed by atoms with Crippen molar-refractivity contribution in [2.24, 2.45) is 0 Å². The second kappa shape index (κ2) is 7.21. The molecular formula is C21H17ClFN7O. The molecule has 156 valence electrons. The van der Waals surface area contributed by atoms with E-state index in [9.17, 15) is 9.18 Å². The van der Waals surface area contributed by atoms with Gasteiger partial charge in [0.2, 0.25) is 0 Å². The van der Waals surface area contributed by atoms with E-state index < -0.39 is 5.82 Å². The van der Waals surface area contributed by atoms with E-state index in [1.165, 1.54) is 23.1 Å². The molecule has 0 aliphatic carbocycles. The van der Waals surface area contributed by atoms with Crippen molar-refractivity contribution in [3.05, 3.63) is 82.3 Å². The molecule has 0 radical (unpaired) electrons. The molecular weight excluding hydrogens is 421 g/mol. The molecule has 0 spiro atoms. The van der Waals surface area contributed by atoms with Gasteiger partial charge in [0.15, 0.2) is 5.82 Å². The van der Waals surface area contributed by atoms with Gasteiger partial charge in [-0.15, -0.1) is 0 Å². The Hall–Kier alpha value is -3.72. The Bertz CT molecular complexity index is 1470. The molecule has 0 aliphatic heterocycles. The van der Waals surface area contributed by atoms with Crippen molar-refractivity contribution in [3.63, 3.8) is 0 Å². The maximum atomic E-state index is 14.4. The number of para-hydroxylation sites is 1. The largest absolute Gasteiger partial charge is 0.351 e. The van der Waals surface area contributed by atoms with Crippen molar-refractivity contribution in [3.8, 4) is 5.69 Å². The van der Waals surface area contributed by atoms with Gasteiger partial charge in [-0.3, -0.25) is 4.57 Å². The lowest BCUT2D eigenvalue weighted by Crippen LogP contribution is -2.33. The van der Waals surface area contributed by atoms with Crippen LogP contribution in [0, 0.1) is 5.82 Å². The number of aromatic amines is 1. The number of rotatable bonds is 4. The Kier molecular flexibility index (Phi) is 4.48. The molecule has 1 atom stereocenters. The third-order valence-electron chi connectivity index (χ3n) is 5.42. The quantitative estimate of drug-likeness (QED) is 0.463. The molecule has 4 aromatic heterocycles. The average Bonchev–Trinajstić information content (AvgIpc) is 3.36. The van der Waals surface area contributed by atoms with Crippen LogP contribution in [0.15, 0.2) is 59.9 Å². The Morgan fingerprint density at radius 3 is 2.74 bits per heavy atom. The van der Waals surface area contributed by atoms with Crippen molar-refractivity contribution in [1.29, 1.82) is 0 Å². The fourth-order valence-corrected chi connectivity index (χ4v) is 3.95. The smallest absolute Gasteiger partial charge is 0.339 e. The molecule has 5 aromatic rings. The van der Waals surface area contributed by atoms with Gasteiger partial charge in [0.05, 0.1) is 29.0 Å². The van der Waals surface area contributed by atoms with Crippen LogP contribution in [0.3, 0.4) is 0 Å². The highest BCUT2D eigenvalue weighted by atomic mass is 35.5. The van der Waals surface area contributed by atoms with E-state index in [0.717, 1.165) is 0 Å². The lowest BCUT2D eigenvalue weighted by atomic mass is 10.1. The van der Waals surface area contributed by atoms with Crippen molar-refractivity contribution in [2.45, 2.75) is 13.0 Å². The fraction of sp³-hybridized carbons (Fsp3) is 0.143. The van der Waals surface area contributed by atoms with E-state index >= 15 is 0 Å². The number of nitrogens with zero attached hydrogens (tertiary/aromatic N) is 6. The van der Waals surface area contributed by atoms with E-state index in [0.29, 0.717) is 28.5 Å². The predicted octanol–water partition coefficient (Wildman–Crippen LogP) is 3.75. The normalized spacial score (nSPS) is 12.5. The van der Waals surface area contributed by atoms with Crippen LogP contribution in [0.2, 0.25) is 5.15 Å². The van der Waals surface area contributed by atoms with Gasteiger partial charge in [-0.2, -0.15) is 0 Å². The summed E-state index contributed by atoms with van der Waals surface area (Å²) in [5.41, 5.74) is 1.81. The van der Waals surface area contributed by atoms with E-state index in [-0.39, 0.29) is 22.3 Å². The van der Waals surface area contributed by atoms with Crippen molar-refractivity contribution < 1.29 is 4.39 Å². The van der Waals surface area contributed by atoms with Crippen LogP contribution in [0.1, 0.15) is 18.7 Å². The molecule has 0 bridgehead atoms. The number of H-pyrrole nitrogens is 1. The van der Waals surface area contributed by atoms with Crippen molar-refractivity contribution >= 4 is 34.1 Å². The minimum Gasteiger partial charge on any atom is -0.351 e. The summed E-state index contributed by atoms with van der Waals surface area (Å²) < 4.78 is 17.4. The van der Waals surface area contributed by atoms with Gasteiger partial charge in [-0.05, 0) is 19.1 Å². The second-order valence-electron chi connectivity index (χ2n) is 7.14. The molecule has 31 heavy (non-hydrogen) atoms. The lowest BCUT2D eigenvalue weighted by molar-refractivity contribution is 0.634. The van der Waals surface area contributed by atoms with Gasteiger partial charge < -0.3 is 9.88 Å². The van der Waals surface area contributed by atoms with Crippen LogP contribution < -0.4 is 10.6 Å². The minimum atomic E-state index is -0.444. The van der Waals surface area contributed by atoms with Crippen molar-refractivity contribution in [1.82, 2.24) is 28.9 Å². The standard InChI is InChI=1S/C21H17ClFN7O/c1-12(28(2)20-18-14(23)9-25-19(18)26-11-27-20)15-8-17-24-10-16(22)30(17)21(31)29(15)13-6-4-3-5-7-13/h3-12H,1-2H3,(H,25,26,27)/t12-/m1/s1. The number of aromatic nitrogens is 6. The van der Waals surface area contributed by atoms with Gasteiger partial charge in [-0.25, -0.2) is 28.5 Å². The molecule has 0 aliphatic rings. The molecule has 1 N–H and O–H groups in total. The Labute approximate surface area is 180 Å². The maximum absolute atomic E-state index is 14.4. The highest BCUT2D eigenvalue weighted by Crippen LogP contribution is 2.31. The Morgan fingerprint density at radius 1 is 1.19 bits per heavy atom. The lowest BCUT2D eigenvalue weighted by Gasteiger charge is -2.28. The van der Waals surface area contributed by atoms with Crippen LogP contribution in [0.5, 0.6) is 0 Å². The van der Waals surface area contributed by atoms with Gasteiger partial charge >= 0.3 is 5.69 Å². The first-order valence-corrected chi connectivity index (χ1v) is 9.90. The minimum absolute atomic E-state index is 0.226. The first-order valence-electron chi connectivity index (χ1n) is 9.52. The molecule has 8 nitrogen and oxygen atoms in total.